The normalized spacial score (nSPS) is 12.8. The number of aryl methyl sites for hydroxylation is 1. The quantitative estimate of drug-likeness (QED) is 0.796. The molecule has 4 nitrogen and oxygen atoms in total. The van der Waals surface area contributed by atoms with Crippen molar-refractivity contribution in [3.05, 3.63) is 17.0 Å². The molecule has 0 aliphatic carbocycles. The maximum atomic E-state index is 5.95. The minimum atomic E-state index is 0.218. The summed E-state index contributed by atoms with van der Waals surface area (Å²) in [4.78, 5) is 8.53. The smallest absolute Gasteiger partial charge is 0.134 e. The van der Waals surface area contributed by atoms with Gasteiger partial charge in [0.25, 0.3) is 0 Å². The van der Waals surface area contributed by atoms with Gasteiger partial charge < -0.3 is 10.1 Å². The van der Waals surface area contributed by atoms with Gasteiger partial charge in [0.2, 0.25) is 0 Å². The van der Waals surface area contributed by atoms with Gasteiger partial charge in [-0.25, -0.2) is 9.97 Å². The highest BCUT2D eigenvalue weighted by Crippen LogP contribution is 2.15. The molecular formula is C12H20ClN3O. The van der Waals surface area contributed by atoms with Gasteiger partial charge in [0, 0.05) is 19.6 Å². The Bertz CT molecular complexity index is 358. The molecule has 1 heterocycles. The summed E-state index contributed by atoms with van der Waals surface area (Å²) in [6.45, 7) is 6.92. The molecule has 5 heteroatoms. The van der Waals surface area contributed by atoms with Crippen LogP contribution < -0.4 is 5.32 Å². The lowest BCUT2D eigenvalue weighted by molar-refractivity contribution is 0.171. The Hall–Kier alpha value is -0.870. The van der Waals surface area contributed by atoms with E-state index >= 15 is 0 Å². The van der Waals surface area contributed by atoms with E-state index in [-0.39, 0.29) is 6.04 Å². The van der Waals surface area contributed by atoms with Gasteiger partial charge in [-0.2, -0.15) is 0 Å². The predicted molar refractivity (Wildman–Crippen MR) is 70.5 cm³/mol. The molecule has 0 radical (unpaired) electrons. The van der Waals surface area contributed by atoms with Crippen LogP contribution in [-0.2, 0) is 11.2 Å². The minimum absolute atomic E-state index is 0.218. The molecule has 1 rings (SSSR count). The van der Waals surface area contributed by atoms with Crippen LogP contribution in [0.5, 0.6) is 0 Å². The first-order valence-corrected chi connectivity index (χ1v) is 6.23. The summed E-state index contributed by atoms with van der Waals surface area (Å²) in [5.74, 6) is 1.96. The molecular weight excluding hydrogens is 238 g/mol. The number of hydrogen-bond donors (Lipinski definition) is 1. The van der Waals surface area contributed by atoms with Gasteiger partial charge in [0.05, 0.1) is 12.6 Å². The second kappa shape index (κ2) is 6.77. The van der Waals surface area contributed by atoms with E-state index in [1.807, 2.05) is 6.92 Å². The van der Waals surface area contributed by atoms with Crippen molar-refractivity contribution < 1.29 is 4.74 Å². The summed E-state index contributed by atoms with van der Waals surface area (Å²) in [6, 6.07) is 1.96. The topological polar surface area (TPSA) is 47.0 Å². The SMILES string of the molecule is CCc1nc(Cl)cc(NC(COC)C(C)C)n1. The van der Waals surface area contributed by atoms with Crippen LogP contribution >= 0.6 is 11.6 Å². The lowest BCUT2D eigenvalue weighted by atomic mass is 10.1. The van der Waals surface area contributed by atoms with Crippen LogP contribution in [0, 0.1) is 5.92 Å². The number of aromatic nitrogens is 2. The van der Waals surface area contributed by atoms with Crippen molar-refractivity contribution in [3.8, 4) is 0 Å². The van der Waals surface area contributed by atoms with E-state index < -0.39 is 0 Å². The average Bonchev–Trinajstić information content (AvgIpc) is 2.27. The molecule has 1 atom stereocenters. The third-order valence-electron chi connectivity index (χ3n) is 2.54. The van der Waals surface area contributed by atoms with E-state index in [1.54, 1.807) is 13.2 Å². The second-order valence-electron chi connectivity index (χ2n) is 4.30. The zero-order chi connectivity index (χ0) is 12.8. The van der Waals surface area contributed by atoms with Crippen molar-refractivity contribution in [3.63, 3.8) is 0 Å². The Balaban J connectivity index is 2.81. The van der Waals surface area contributed by atoms with Crippen molar-refractivity contribution in [1.82, 2.24) is 9.97 Å². The second-order valence-corrected chi connectivity index (χ2v) is 4.68. The fourth-order valence-electron chi connectivity index (χ4n) is 1.47. The maximum Gasteiger partial charge on any atom is 0.134 e. The summed E-state index contributed by atoms with van der Waals surface area (Å²) in [7, 11) is 1.70. The highest BCUT2D eigenvalue weighted by atomic mass is 35.5. The van der Waals surface area contributed by atoms with Crippen molar-refractivity contribution >= 4 is 17.4 Å². The third-order valence-corrected chi connectivity index (χ3v) is 2.74. The van der Waals surface area contributed by atoms with E-state index in [4.69, 9.17) is 16.3 Å². The zero-order valence-corrected chi connectivity index (χ0v) is 11.6. The molecule has 0 saturated carbocycles. The van der Waals surface area contributed by atoms with Crippen molar-refractivity contribution in [2.75, 3.05) is 19.0 Å². The van der Waals surface area contributed by atoms with Crippen molar-refractivity contribution in [2.45, 2.75) is 33.2 Å². The fourth-order valence-corrected chi connectivity index (χ4v) is 1.67. The number of hydrogen-bond acceptors (Lipinski definition) is 4. The molecule has 1 unspecified atom stereocenters. The van der Waals surface area contributed by atoms with Gasteiger partial charge in [-0.1, -0.05) is 32.4 Å². The minimum Gasteiger partial charge on any atom is -0.383 e. The molecule has 0 bridgehead atoms. The molecule has 1 aromatic heterocycles. The summed E-state index contributed by atoms with van der Waals surface area (Å²) in [6.07, 6.45) is 0.770. The molecule has 0 aliphatic heterocycles. The van der Waals surface area contributed by atoms with Crippen LogP contribution in [0.3, 0.4) is 0 Å². The molecule has 0 saturated heterocycles. The Morgan fingerprint density at radius 1 is 1.41 bits per heavy atom. The van der Waals surface area contributed by atoms with Crippen molar-refractivity contribution in [1.29, 1.82) is 0 Å². The summed E-state index contributed by atoms with van der Waals surface area (Å²) in [5, 5.41) is 3.81. The first-order valence-electron chi connectivity index (χ1n) is 5.85. The molecule has 0 aromatic carbocycles. The van der Waals surface area contributed by atoms with E-state index in [0.717, 1.165) is 18.1 Å². The van der Waals surface area contributed by atoms with Gasteiger partial charge in [0.15, 0.2) is 0 Å². The zero-order valence-electron chi connectivity index (χ0n) is 10.8. The first kappa shape index (κ1) is 14.2. The van der Waals surface area contributed by atoms with Gasteiger partial charge in [-0.15, -0.1) is 0 Å². The predicted octanol–water partition coefficient (Wildman–Crippen LogP) is 2.78. The Morgan fingerprint density at radius 2 is 2.12 bits per heavy atom. The molecule has 0 aliphatic rings. The summed E-state index contributed by atoms with van der Waals surface area (Å²) >= 11 is 5.95. The molecule has 1 N–H and O–H groups in total. The standard InChI is InChI=1S/C12H20ClN3O/c1-5-11-15-10(13)6-12(16-11)14-9(7-17-4)8(2)3/h6,8-9H,5,7H2,1-4H3,(H,14,15,16). The van der Waals surface area contributed by atoms with Crippen LogP contribution in [0.1, 0.15) is 26.6 Å². The van der Waals surface area contributed by atoms with Gasteiger partial charge >= 0.3 is 0 Å². The van der Waals surface area contributed by atoms with Crippen LogP contribution in [0.25, 0.3) is 0 Å². The number of nitrogens with one attached hydrogen (secondary N) is 1. The van der Waals surface area contributed by atoms with Gasteiger partial charge in [-0.05, 0) is 5.92 Å². The number of halogens is 1. The number of methoxy groups -OCH3 is 1. The molecule has 0 spiro atoms. The molecule has 0 fully saturated rings. The van der Waals surface area contributed by atoms with Crippen LogP contribution in [-0.4, -0.2) is 29.7 Å². The average molecular weight is 258 g/mol. The Labute approximate surface area is 108 Å². The summed E-state index contributed by atoms with van der Waals surface area (Å²) < 4.78 is 5.19. The lowest BCUT2D eigenvalue weighted by Gasteiger charge is -2.22. The largest absolute Gasteiger partial charge is 0.383 e. The summed E-state index contributed by atoms with van der Waals surface area (Å²) in [5.41, 5.74) is 0. The molecule has 0 amide bonds. The number of anilines is 1. The number of nitrogens with zero attached hydrogens (tertiary/aromatic N) is 2. The number of rotatable bonds is 6. The lowest BCUT2D eigenvalue weighted by Crippen LogP contribution is -2.31. The van der Waals surface area contributed by atoms with Gasteiger partial charge in [-0.3, -0.25) is 0 Å². The maximum absolute atomic E-state index is 5.95. The van der Waals surface area contributed by atoms with Crippen LogP contribution in [0.2, 0.25) is 5.15 Å². The molecule has 17 heavy (non-hydrogen) atoms. The van der Waals surface area contributed by atoms with Crippen molar-refractivity contribution in [2.24, 2.45) is 5.92 Å². The first-order chi connectivity index (χ1) is 8.06. The molecule has 96 valence electrons. The van der Waals surface area contributed by atoms with E-state index in [2.05, 4.69) is 29.1 Å². The highest BCUT2D eigenvalue weighted by molar-refractivity contribution is 6.29. The highest BCUT2D eigenvalue weighted by Gasteiger charge is 2.14. The fraction of sp³-hybridized carbons (Fsp3) is 0.667. The van der Waals surface area contributed by atoms with E-state index in [1.165, 1.54) is 0 Å². The van der Waals surface area contributed by atoms with Crippen LogP contribution in [0.4, 0.5) is 5.82 Å². The number of ether oxygens (including phenoxy) is 1. The van der Waals surface area contributed by atoms with E-state index in [9.17, 15) is 0 Å². The van der Waals surface area contributed by atoms with Gasteiger partial charge in [0.1, 0.15) is 16.8 Å². The van der Waals surface area contributed by atoms with Crippen LogP contribution in [0.15, 0.2) is 6.07 Å². The third kappa shape index (κ3) is 4.48. The molecule has 1 aromatic rings. The Morgan fingerprint density at radius 3 is 2.65 bits per heavy atom. The Kier molecular flexibility index (Phi) is 5.65. The monoisotopic (exact) mass is 257 g/mol. The van der Waals surface area contributed by atoms with E-state index in [0.29, 0.717) is 17.7 Å².